The van der Waals surface area contributed by atoms with E-state index >= 15 is 0 Å². The van der Waals surface area contributed by atoms with Gasteiger partial charge in [-0.1, -0.05) is 24.3 Å². The molecule has 1 amide bonds. The van der Waals surface area contributed by atoms with Crippen LogP contribution in [-0.4, -0.2) is 22.0 Å². The Balaban J connectivity index is 2.11. The molecule has 25 heavy (non-hydrogen) atoms. The lowest BCUT2D eigenvalue weighted by molar-refractivity contribution is -0.385. The molecular formula is C17H17N3O4S. The van der Waals surface area contributed by atoms with Crippen LogP contribution >= 0.6 is 12.2 Å². The van der Waals surface area contributed by atoms with Crippen molar-refractivity contribution in [3.8, 4) is 5.75 Å². The monoisotopic (exact) mass is 359 g/mol. The summed E-state index contributed by atoms with van der Waals surface area (Å²) >= 11 is 5.13. The van der Waals surface area contributed by atoms with Crippen LogP contribution < -0.4 is 15.4 Å². The molecular weight excluding hydrogens is 342 g/mol. The van der Waals surface area contributed by atoms with Gasteiger partial charge in [-0.3, -0.25) is 20.2 Å². The van der Waals surface area contributed by atoms with Gasteiger partial charge in [-0.25, -0.2) is 0 Å². The van der Waals surface area contributed by atoms with E-state index in [0.717, 1.165) is 0 Å². The maximum Gasteiger partial charge on any atom is 0.282 e. The van der Waals surface area contributed by atoms with Crippen LogP contribution in [0.15, 0.2) is 48.5 Å². The smallest absolute Gasteiger partial charge is 0.282 e. The van der Waals surface area contributed by atoms with E-state index < -0.39 is 10.8 Å². The summed E-state index contributed by atoms with van der Waals surface area (Å²) in [5.74, 6) is -0.0770. The second kappa shape index (κ2) is 8.20. The first-order valence-corrected chi connectivity index (χ1v) is 7.90. The molecule has 0 fully saturated rings. The molecule has 0 aliphatic rings. The summed E-state index contributed by atoms with van der Waals surface area (Å²) in [5, 5.41) is 16.3. The second-order valence-electron chi connectivity index (χ2n) is 5.35. The van der Waals surface area contributed by atoms with E-state index in [0.29, 0.717) is 11.4 Å². The van der Waals surface area contributed by atoms with E-state index in [1.54, 1.807) is 24.3 Å². The number of para-hydroxylation sites is 3. The van der Waals surface area contributed by atoms with Crippen LogP contribution in [0.4, 0.5) is 11.4 Å². The van der Waals surface area contributed by atoms with Crippen LogP contribution in [0, 0.1) is 10.1 Å². The molecule has 2 aromatic carbocycles. The molecule has 2 aromatic rings. The summed E-state index contributed by atoms with van der Waals surface area (Å²) in [7, 11) is 0. The van der Waals surface area contributed by atoms with Crippen molar-refractivity contribution in [3.63, 3.8) is 0 Å². The Morgan fingerprint density at radius 1 is 1.16 bits per heavy atom. The second-order valence-corrected chi connectivity index (χ2v) is 5.75. The van der Waals surface area contributed by atoms with Crippen molar-refractivity contribution in [2.45, 2.75) is 20.0 Å². The minimum absolute atomic E-state index is 0.0166. The van der Waals surface area contributed by atoms with Gasteiger partial charge in [0.05, 0.1) is 16.7 Å². The van der Waals surface area contributed by atoms with Gasteiger partial charge in [0, 0.05) is 6.07 Å². The third-order valence-corrected chi connectivity index (χ3v) is 3.27. The molecule has 0 atom stereocenters. The highest BCUT2D eigenvalue weighted by Gasteiger charge is 2.20. The predicted molar refractivity (Wildman–Crippen MR) is 99.0 cm³/mol. The predicted octanol–water partition coefficient (Wildman–Crippen LogP) is 3.51. The van der Waals surface area contributed by atoms with Gasteiger partial charge < -0.3 is 10.1 Å². The van der Waals surface area contributed by atoms with Crippen molar-refractivity contribution < 1.29 is 14.5 Å². The molecule has 2 N–H and O–H groups in total. The number of carbonyl (C=O) groups excluding carboxylic acids is 1. The third-order valence-electron chi connectivity index (χ3n) is 3.07. The number of carbonyl (C=O) groups is 1. The molecule has 130 valence electrons. The van der Waals surface area contributed by atoms with Gasteiger partial charge in [0.2, 0.25) is 0 Å². The maximum absolute atomic E-state index is 12.3. The Hall–Kier alpha value is -3.00. The lowest BCUT2D eigenvalue weighted by atomic mass is 10.1. The zero-order chi connectivity index (χ0) is 18.4. The number of nitro groups is 1. The Kier molecular flexibility index (Phi) is 6.02. The van der Waals surface area contributed by atoms with E-state index in [1.807, 2.05) is 19.9 Å². The molecule has 0 saturated carbocycles. The van der Waals surface area contributed by atoms with Crippen molar-refractivity contribution >= 4 is 34.6 Å². The van der Waals surface area contributed by atoms with Gasteiger partial charge in [-0.2, -0.15) is 0 Å². The van der Waals surface area contributed by atoms with Crippen molar-refractivity contribution in [3.05, 3.63) is 64.2 Å². The normalized spacial score (nSPS) is 10.2. The molecule has 0 saturated heterocycles. The van der Waals surface area contributed by atoms with Crippen LogP contribution in [0.25, 0.3) is 0 Å². The summed E-state index contributed by atoms with van der Waals surface area (Å²) < 4.78 is 5.66. The molecule has 7 nitrogen and oxygen atoms in total. The van der Waals surface area contributed by atoms with Crippen molar-refractivity contribution in [1.82, 2.24) is 5.32 Å². The standard InChI is InChI=1S/C17H17N3O4S/c1-11(2)24-15-10-6-4-8-13(15)18-17(25)19-16(21)12-7-3-5-9-14(12)20(22)23/h3-11H,1-2H3,(H2,18,19,21,25). The zero-order valence-electron chi connectivity index (χ0n) is 13.7. The molecule has 0 spiro atoms. The van der Waals surface area contributed by atoms with Gasteiger partial charge in [0.15, 0.2) is 5.11 Å². The molecule has 0 aliphatic carbocycles. The van der Waals surface area contributed by atoms with Crippen LogP contribution in [0.2, 0.25) is 0 Å². The maximum atomic E-state index is 12.3. The van der Waals surface area contributed by atoms with Crippen LogP contribution in [0.5, 0.6) is 5.75 Å². The number of thiocarbonyl (C=S) groups is 1. The topological polar surface area (TPSA) is 93.5 Å². The number of benzene rings is 2. The van der Waals surface area contributed by atoms with Crippen LogP contribution in [0.1, 0.15) is 24.2 Å². The number of anilines is 1. The first-order valence-electron chi connectivity index (χ1n) is 7.50. The first-order chi connectivity index (χ1) is 11.9. The summed E-state index contributed by atoms with van der Waals surface area (Å²) in [4.78, 5) is 22.7. The Labute approximate surface area is 150 Å². The first kappa shape index (κ1) is 18.3. The van der Waals surface area contributed by atoms with Crippen LogP contribution in [-0.2, 0) is 0 Å². The lowest BCUT2D eigenvalue weighted by Crippen LogP contribution is -2.34. The van der Waals surface area contributed by atoms with Gasteiger partial charge in [-0.15, -0.1) is 0 Å². The number of nitro benzene ring substituents is 1. The fourth-order valence-corrected chi connectivity index (χ4v) is 2.28. The van der Waals surface area contributed by atoms with E-state index in [-0.39, 0.29) is 22.5 Å². The Morgan fingerprint density at radius 2 is 1.80 bits per heavy atom. The zero-order valence-corrected chi connectivity index (χ0v) is 14.5. The molecule has 0 bridgehead atoms. The fourth-order valence-electron chi connectivity index (χ4n) is 2.08. The summed E-state index contributed by atoms with van der Waals surface area (Å²) in [5.41, 5.74) is 0.235. The lowest BCUT2D eigenvalue weighted by Gasteiger charge is -2.16. The number of hydrogen-bond acceptors (Lipinski definition) is 5. The van der Waals surface area contributed by atoms with E-state index in [4.69, 9.17) is 17.0 Å². The molecule has 0 radical (unpaired) electrons. The molecule has 8 heteroatoms. The van der Waals surface area contributed by atoms with Gasteiger partial charge >= 0.3 is 0 Å². The average Bonchev–Trinajstić information content (AvgIpc) is 2.56. The molecule has 0 aliphatic heterocycles. The van der Waals surface area contributed by atoms with E-state index in [1.165, 1.54) is 18.2 Å². The quantitative estimate of drug-likeness (QED) is 0.482. The summed E-state index contributed by atoms with van der Waals surface area (Å²) in [6, 6.07) is 12.8. The summed E-state index contributed by atoms with van der Waals surface area (Å²) in [6.07, 6.45) is -0.0296. The molecule has 2 rings (SSSR count). The van der Waals surface area contributed by atoms with Gasteiger partial charge in [0.25, 0.3) is 11.6 Å². The van der Waals surface area contributed by atoms with Crippen molar-refractivity contribution in [2.75, 3.05) is 5.32 Å². The number of amides is 1. The highest BCUT2D eigenvalue weighted by atomic mass is 32.1. The van der Waals surface area contributed by atoms with Crippen LogP contribution in [0.3, 0.4) is 0 Å². The number of nitrogens with one attached hydrogen (secondary N) is 2. The average molecular weight is 359 g/mol. The Bertz CT molecular complexity index is 808. The highest BCUT2D eigenvalue weighted by Crippen LogP contribution is 2.25. The molecule has 0 aromatic heterocycles. The SMILES string of the molecule is CC(C)Oc1ccccc1NC(=S)NC(=O)c1ccccc1[N+](=O)[O-]. The fraction of sp³-hybridized carbons (Fsp3) is 0.176. The van der Waals surface area contributed by atoms with E-state index in [9.17, 15) is 14.9 Å². The summed E-state index contributed by atoms with van der Waals surface area (Å²) in [6.45, 7) is 3.79. The van der Waals surface area contributed by atoms with E-state index in [2.05, 4.69) is 10.6 Å². The minimum Gasteiger partial charge on any atom is -0.489 e. The molecule has 0 heterocycles. The number of rotatable bonds is 5. The largest absolute Gasteiger partial charge is 0.489 e. The number of ether oxygens (including phenoxy) is 1. The van der Waals surface area contributed by atoms with Gasteiger partial charge in [0.1, 0.15) is 11.3 Å². The number of nitrogens with zero attached hydrogens (tertiary/aromatic N) is 1. The molecule has 0 unspecified atom stereocenters. The number of hydrogen-bond donors (Lipinski definition) is 2. The Morgan fingerprint density at radius 3 is 2.48 bits per heavy atom. The van der Waals surface area contributed by atoms with Gasteiger partial charge in [-0.05, 0) is 44.3 Å². The van der Waals surface area contributed by atoms with Crippen molar-refractivity contribution in [1.29, 1.82) is 0 Å². The minimum atomic E-state index is -0.660. The van der Waals surface area contributed by atoms with Crippen molar-refractivity contribution in [2.24, 2.45) is 0 Å². The highest BCUT2D eigenvalue weighted by molar-refractivity contribution is 7.80. The third kappa shape index (κ3) is 4.98.